The van der Waals surface area contributed by atoms with Gasteiger partial charge >= 0.3 is 0 Å². The van der Waals surface area contributed by atoms with Crippen molar-refractivity contribution in [2.24, 2.45) is 34.5 Å². The van der Waals surface area contributed by atoms with Crippen LogP contribution in [0.2, 0.25) is 0 Å². The summed E-state index contributed by atoms with van der Waals surface area (Å²) in [5, 5.41) is 6.90. The van der Waals surface area contributed by atoms with Gasteiger partial charge in [-0.15, -0.1) is 0 Å². The summed E-state index contributed by atoms with van der Waals surface area (Å²) in [6.45, 7) is 4.79. The van der Waals surface area contributed by atoms with Crippen molar-refractivity contribution in [3.8, 4) is 5.75 Å². The summed E-state index contributed by atoms with van der Waals surface area (Å²) in [7, 11) is 1.70. The molecule has 0 saturated heterocycles. The minimum Gasteiger partial charge on any atom is -0.497 e. The SMILES string of the molecule is COc1ccc(C2(NC(=O)C3CC[C@H]4[C@@H]5CCC6NC(=O)C=C[C@]6(C)[C@@H]5CC[C@]34C)CCCC2)cc1. The molecule has 5 nitrogen and oxygen atoms in total. The van der Waals surface area contributed by atoms with Crippen LogP contribution < -0.4 is 15.4 Å². The number of carbonyl (C=O) groups is 2. The Labute approximate surface area is 215 Å². The molecule has 6 rings (SSSR count). The average molecular weight is 491 g/mol. The molecule has 0 bridgehead atoms. The molecule has 1 aromatic carbocycles. The second-order valence-corrected chi connectivity index (χ2v) is 12.9. The molecule has 1 aliphatic heterocycles. The summed E-state index contributed by atoms with van der Waals surface area (Å²) in [5.74, 6) is 3.12. The van der Waals surface area contributed by atoms with Gasteiger partial charge in [-0.2, -0.15) is 0 Å². The molecule has 4 saturated carbocycles. The third-order valence-electron chi connectivity index (χ3n) is 11.5. The van der Waals surface area contributed by atoms with Crippen LogP contribution in [0.25, 0.3) is 0 Å². The standard InChI is InChI=1S/C31H42N2O3/c1-29-18-14-24-22(10-13-26-30(24,2)19-15-27(34)32-26)23(29)11-12-25(29)28(35)33-31(16-4-5-17-31)20-6-8-21(36-3)9-7-20/h6-9,15,19,22-26H,4-5,10-14,16-18H2,1-3H3,(H,32,34)(H,33,35)/t22-,23-,24+,25?,26?,29-,30+/m0/s1. The Morgan fingerprint density at radius 1 is 0.972 bits per heavy atom. The smallest absolute Gasteiger partial charge is 0.243 e. The maximum absolute atomic E-state index is 14.1. The second-order valence-electron chi connectivity index (χ2n) is 12.9. The van der Waals surface area contributed by atoms with Gasteiger partial charge < -0.3 is 15.4 Å². The van der Waals surface area contributed by atoms with E-state index in [0.717, 1.165) is 63.5 Å². The highest BCUT2D eigenvalue weighted by Crippen LogP contribution is 2.65. The van der Waals surface area contributed by atoms with Crippen LogP contribution in [0, 0.1) is 34.5 Å². The predicted octanol–water partition coefficient (Wildman–Crippen LogP) is 5.49. The Kier molecular flexibility index (Phi) is 5.77. The second kappa shape index (κ2) is 8.63. The molecule has 0 spiro atoms. The molecular weight excluding hydrogens is 448 g/mol. The zero-order valence-corrected chi connectivity index (χ0v) is 22.1. The number of benzene rings is 1. The Hall–Kier alpha value is -2.30. The van der Waals surface area contributed by atoms with Crippen molar-refractivity contribution < 1.29 is 14.3 Å². The van der Waals surface area contributed by atoms with E-state index < -0.39 is 0 Å². The monoisotopic (exact) mass is 490 g/mol. The maximum atomic E-state index is 14.1. The van der Waals surface area contributed by atoms with E-state index in [-0.39, 0.29) is 40.1 Å². The van der Waals surface area contributed by atoms with Crippen molar-refractivity contribution in [2.75, 3.05) is 7.11 Å². The summed E-state index contributed by atoms with van der Waals surface area (Å²) in [5.41, 5.74) is 1.08. The van der Waals surface area contributed by atoms with Crippen LogP contribution in [0.4, 0.5) is 0 Å². The third kappa shape index (κ3) is 3.55. The summed E-state index contributed by atoms with van der Waals surface area (Å²) >= 11 is 0. The fraction of sp³-hybridized carbons (Fsp3) is 0.677. The topological polar surface area (TPSA) is 67.4 Å². The lowest BCUT2D eigenvalue weighted by atomic mass is 9.48. The van der Waals surface area contributed by atoms with Crippen LogP contribution in [0.15, 0.2) is 36.4 Å². The molecule has 2 N–H and O–H groups in total. The normalized spacial score (nSPS) is 40.5. The molecule has 0 aromatic heterocycles. The number of fused-ring (bicyclic) bond motifs is 5. The molecule has 4 fully saturated rings. The number of nitrogens with one attached hydrogen (secondary N) is 2. The Balaban J connectivity index is 1.23. The fourth-order valence-electron chi connectivity index (χ4n) is 9.46. The van der Waals surface area contributed by atoms with E-state index in [1.165, 1.54) is 12.0 Å². The van der Waals surface area contributed by atoms with E-state index in [1.807, 2.05) is 12.1 Å². The van der Waals surface area contributed by atoms with Gasteiger partial charge in [0.05, 0.1) is 12.6 Å². The summed E-state index contributed by atoms with van der Waals surface area (Å²) < 4.78 is 5.38. The summed E-state index contributed by atoms with van der Waals surface area (Å²) in [4.78, 5) is 26.1. The number of carbonyl (C=O) groups excluding carboxylic acids is 2. The van der Waals surface area contributed by atoms with Gasteiger partial charge in [0.25, 0.3) is 0 Å². The fourth-order valence-corrected chi connectivity index (χ4v) is 9.46. The van der Waals surface area contributed by atoms with E-state index in [9.17, 15) is 9.59 Å². The molecular formula is C31H42N2O3. The van der Waals surface area contributed by atoms with E-state index >= 15 is 0 Å². The van der Waals surface area contributed by atoms with Crippen LogP contribution in [-0.4, -0.2) is 25.0 Å². The molecule has 2 amide bonds. The van der Waals surface area contributed by atoms with Crippen molar-refractivity contribution in [1.29, 1.82) is 0 Å². The number of methoxy groups -OCH3 is 1. The van der Waals surface area contributed by atoms with Gasteiger partial charge in [-0.05, 0) is 98.3 Å². The largest absolute Gasteiger partial charge is 0.497 e. The predicted molar refractivity (Wildman–Crippen MR) is 140 cm³/mol. The molecule has 4 aliphatic carbocycles. The van der Waals surface area contributed by atoms with Crippen molar-refractivity contribution in [3.63, 3.8) is 0 Å². The number of ether oxygens (including phenoxy) is 1. The van der Waals surface area contributed by atoms with Gasteiger partial charge in [-0.1, -0.05) is 44.9 Å². The first-order valence-corrected chi connectivity index (χ1v) is 14.3. The lowest BCUT2D eigenvalue weighted by Gasteiger charge is -2.58. The van der Waals surface area contributed by atoms with Crippen molar-refractivity contribution in [3.05, 3.63) is 42.0 Å². The molecule has 5 heteroatoms. The van der Waals surface area contributed by atoms with Gasteiger partial charge in [-0.3, -0.25) is 9.59 Å². The molecule has 36 heavy (non-hydrogen) atoms. The molecule has 2 unspecified atom stereocenters. The minimum atomic E-state index is -0.244. The molecule has 5 aliphatic rings. The maximum Gasteiger partial charge on any atom is 0.243 e. The van der Waals surface area contributed by atoms with E-state index in [4.69, 9.17) is 4.74 Å². The Morgan fingerprint density at radius 3 is 2.44 bits per heavy atom. The van der Waals surface area contributed by atoms with Gasteiger partial charge in [0.15, 0.2) is 0 Å². The summed E-state index contributed by atoms with van der Waals surface area (Å²) in [6, 6.07) is 8.59. The van der Waals surface area contributed by atoms with E-state index in [0.29, 0.717) is 17.8 Å². The first-order valence-electron chi connectivity index (χ1n) is 14.3. The lowest BCUT2D eigenvalue weighted by Crippen LogP contribution is -2.59. The quantitative estimate of drug-likeness (QED) is 0.586. The van der Waals surface area contributed by atoms with Crippen LogP contribution >= 0.6 is 0 Å². The van der Waals surface area contributed by atoms with Crippen molar-refractivity contribution >= 4 is 11.8 Å². The van der Waals surface area contributed by atoms with Gasteiger partial charge in [0.2, 0.25) is 11.8 Å². The van der Waals surface area contributed by atoms with E-state index in [2.05, 4.69) is 42.7 Å². The van der Waals surface area contributed by atoms with E-state index in [1.54, 1.807) is 13.2 Å². The first kappa shape index (κ1) is 24.1. The molecule has 1 heterocycles. The third-order valence-corrected chi connectivity index (χ3v) is 11.5. The van der Waals surface area contributed by atoms with Crippen LogP contribution in [-0.2, 0) is 15.1 Å². The zero-order valence-electron chi connectivity index (χ0n) is 22.1. The van der Waals surface area contributed by atoms with Gasteiger partial charge in [0, 0.05) is 17.4 Å². The molecule has 194 valence electrons. The minimum absolute atomic E-state index is 0.0424. The molecule has 0 radical (unpaired) electrons. The van der Waals surface area contributed by atoms with Crippen molar-refractivity contribution in [2.45, 2.75) is 89.6 Å². The number of hydrogen-bond donors (Lipinski definition) is 2. The van der Waals surface area contributed by atoms with Gasteiger partial charge in [0.1, 0.15) is 5.75 Å². The average Bonchev–Trinajstić information content (AvgIpc) is 3.49. The van der Waals surface area contributed by atoms with Crippen LogP contribution in [0.1, 0.15) is 83.6 Å². The molecule has 7 atom stereocenters. The van der Waals surface area contributed by atoms with Crippen LogP contribution in [0.5, 0.6) is 5.75 Å². The number of amides is 2. The summed E-state index contributed by atoms with van der Waals surface area (Å²) in [6.07, 6.45) is 15.0. The highest BCUT2D eigenvalue weighted by molar-refractivity contribution is 5.89. The van der Waals surface area contributed by atoms with Crippen molar-refractivity contribution in [1.82, 2.24) is 10.6 Å². The Bertz CT molecular complexity index is 1060. The lowest BCUT2D eigenvalue weighted by molar-refractivity contribution is -0.136. The zero-order chi connectivity index (χ0) is 25.1. The molecule has 1 aromatic rings. The number of rotatable bonds is 4. The van der Waals surface area contributed by atoms with Crippen LogP contribution in [0.3, 0.4) is 0 Å². The highest BCUT2D eigenvalue weighted by Gasteiger charge is 2.61. The Morgan fingerprint density at radius 2 is 1.72 bits per heavy atom. The first-order chi connectivity index (χ1) is 17.3. The van der Waals surface area contributed by atoms with Gasteiger partial charge in [-0.25, -0.2) is 0 Å². The highest BCUT2D eigenvalue weighted by atomic mass is 16.5. The number of hydrogen-bond acceptors (Lipinski definition) is 3.